The lowest BCUT2D eigenvalue weighted by atomic mass is 9.91. The lowest BCUT2D eigenvalue weighted by Gasteiger charge is -2.41. The van der Waals surface area contributed by atoms with Crippen LogP contribution < -0.4 is 5.32 Å². The number of ether oxygens (including phenoxy) is 2. The van der Waals surface area contributed by atoms with E-state index < -0.39 is 6.29 Å². The van der Waals surface area contributed by atoms with Crippen molar-refractivity contribution in [1.29, 1.82) is 0 Å². The summed E-state index contributed by atoms with van der Waals surface area (Å²) in [6.07, 6.45) is -0.997. The number of para-hydroxylation sites is 1. The van der Waals surface area contributed by atoms with E-state index >= 15 is 0 Å². The van der Waals surface area contributed by atoms with Crippen LogP contribution in [-0.2, 0) is 27.4 Å². The second-order valence-electron chi connectivity index (χ2n) is 11.0. The van der Waals surface area contributed by atoms with Gasteiger partial charge >= 0.3 is 0 Å². The van der Waals surface area contributed by atoms with Gasteiger partial charge in [0.15, 0.2) is 6.29 Å². The predicted octanol–water partition coefficient (Wildman–Crippen LogP) is 6.04. The number of rotatable bonds is 10. The third-order valence-electron chi connectivity index (χ3n) is 7.98. The summed E-state index contributed by atoms with van der Waals surface area (Å²) >= 11 is 1.55. The van der Waals surface area contributed by atoms with Crippen molar-refractivity contribution in [3.05, 3.63) is 125 Å². The number of hydrogen-bond donors (Lipinski definition) is 2. The molecule has 0 bridgehead atoms. The van der Waals surface area contributed by atoms with Gasteiger partial charge in [0, 0.05) is 30.7 Å². The van der Waals surface area contributed by atoms with Crippen molar-refractivity contribution >= 4 is 17.7 Å². The van der Waals surface area contributed by atoms with Gasteiger partial charge in [-0.05, 0) is 50.4 Å². The molecule has 10 heteroatoms. The Balaban J connectivity index is 1.25. The molecule has 1 aliphatic rings. The van der Waals surface area contributed by atoms with Gasteiger partial charge in [-0.1, -0.05) is 110 Å². The minimum atomic E-state index is -0.594. The van der Waals surface area contributed by atoms with Crippen LogP contribution in [0.25, 0.3) is 16.8 Å². The molecular formula is C35H35N5O4S. The van der Waals surface area contributed by atoms with Crippen molar-refractivity contribution in [2.45, 2.75) is 50.7 Å². The molecule has 4 unspecified atom stereocenters. The van der Waals surface area contributed by atoms with Crippen LogP contribution >= 0.6 is 11.8 Å². The number of tetrazole rings is 1. The van der Waals surface area contributed by atoms with Crippen LogP contribution in [0.1, 0.15) is 48.5 Å². The molecule has 9 nitrogen and oxygen atoms in total. The van der Waals surface area contributed by atoms with Gasteiger partial charge in [-0.25, -0.2) is 0 Å². The standard InChI is InChI=1S/C35H35N5O4S/c1-23-32(22-45-35-37-38-39-40(35)30-9-4-3-5-10-30)43-34(44-33(23)27-14-12-25(21-41)13-15-27)28-18-16-26(17-19-28)31-11-7-6-8-29(31)20-36-24(2)42/h3-19,23,32-34,41H,20-22H2,1-2H3,(H,36,42). The zero-order chi connectivity index (χ0) is 31.2. The Morgan fingerprint density at radius 2 is 1.62 bits per heavy atom. The fourth-order valence-corrected chi connectivity index (χ4v) is 6.52. The van der Waals surface area contributed by atoms with E-state index in [1.54, 1.807) is 16.4 Å². The molecule has 1 aliphatic heterocycles. The highest BCUT2D eigenvalue weighted by Crippen LogP contribution is 2.43. The number of aliphatic hydroxyl groups excluding tert-OH is 1. The number of carbonyl (C=O) groups excluding carboxylic acids is 1. The number of hydrogen-bond acceptors (Lipinski definition) is 8. The van der Waals surface area contributed by atoms with Crippen LogP contribution in [0.3, 0.4) is 0 Å². The SMILES string of the molecule is CC(=O)NCc1ccccc1-c1ccc(C2OC(CSc3nnnn3-c3ccccc3)C(C)C(c3ccc(CO)cc3)O2)cc1. The smallest absolute Gasteiger partial charge is 0.217 e. The minimum Gasteiger partial charge on any atom is -0.392 e. The lowest BCUT2D eigenvalue weighted by Crippen LogP contribution is -2.38. The van der Waals surface area contributed by atoms with Crippen molar-refractivity contribution in [2.75, 3.05) is 5.75 Å². The van der Waals surface area contributed by atoms with Crippen LogP contribution in [0.4, 0.5) is 0 Å². The van der Waals surface area contributed by atoms with Crippen molar-refractivity contribution in [1.82, 2.24) is 25.5 Å². The fourth-order valence-electron chi connectivity index (χ4n) is 5.46. The number of thioether (sulfide) groups is 1. The van der Waals surface area contributed by atoms with Crippen LogP contribution in [0.2, 0.25) is 0 Å². The van der Waals surface area contributed by atoms with E-state index in [4.69, 9.17) is 9.47 Å². The summed E-state index contributed by atoms with van der Waals surface area (Å²) < 4.78 is 15.0. The van der Waals surface area contributed by atoms with Crippen molar-refractivity contribution < 1.29 is 19.4 Å². The molecule has 5 aromatic rings. The molecule has 1 amide bonds. The second-order valence-corrected chi connectivity index (χ2v) is 12.0. The molecule has 2 heterocycles. The summed E-state index contributed by atoms with van der Waals surface area (Å²) in [5.41, 5.74) is 6.82. The largest absolute Gasteiger partial charge is 0.392 e. The fraction of sp³-hybridized carbons (Fsp3) is 0.257. The Labute approximate surface area is 266 Å². The Hall–Kier alpha value is -4.35. The number of aliphatic hydroxyl groups is 1. The maximum absolute atomic E-state index is 11.5. The first kappa shape index (κ1) is 30.7. The molecule has 0 spiro atoms. The van der Waals surface area contributed by atoms with E-state index in [0.717, 1.165) is 39.1 Å². The predicted molar refractivity (Wildman–Crippen MR) is 172 cm³/mol. The first-order valence-corrected chi connectivity index (χ1v) is 15.9. The molecule has 45 heavy (non-hydrogen) atoms. The molecule has 4 atom stereocenters. The third-order valence-corrected chi connectivity index (χ3v) is 8.99. The van der Waals surface area contributed by atoms with Crippen LogP contribution in [0.15, 0.2) is 108 Å². The normalized spacial score (nSPS) is 19.7. The number of benzene rings is 4. The molecule has 0 saturated carbocycles. The molecule has 230 valence electrons. The summed E-state index contributed by atoms with van der Waals surface area (Å²) in [7, 11) is 0. The highest BCUT2D eigenvalue weighted by Gasteiger charge is 2.38. The van der Waals surface area contributed by atoms with Crippen LogP contribution in [-0.4, -0.2) is 43.1 Å². The highest BCUT2D eigenvalue weighted by molar-refractivity contribution is 7.99. The monoisotopic (exact) mass is 621 g/mol. The Morgan fingerprint density at radius 3 is 2.36 bits per heavy atom. The summed E-state index contributed by atoms with van der Waals surface area (Å²) in [4.78, 5) is 11.5. The van der Waals surface area contributed by atoms with Crippen molar-refractivity contribution in [2.24, 2.45) is 5.92 Å². The van der Waals surface area contributed by atoms with Gasteiger partial charge in [-0.2, -0.15) is 4.68 Å². The number of nitrogens with one attached hydrogen (secondary N) is 1. The number of aromatic nitrogens is 4. The van der Waals surface area contributed by atoms with Crippen molar-refractivity contribution in [3.63, 3.8) is 0 Å². The Kier molecular flexibility index (Phi) is 9.66. The zero-order valence-corrected chi connectivity index (χ0v) is 25.9. The average Bonchev–Trinajstić information content (AvgIpc) is 3.56. The first-order chi connectivity index (χ1) is 22.0. The molecule has 0 aliphatic carbocycles. The molecule has 2 N–H and O–H groups in total. The molecular weight excluding hydrogens is 586 g/mol. The zero-order valence-electron chi connectivity index (χ0n) is 25.1. The van der Waals surface area contributed by atoms with E-state index in [1.165, 1.54) is 6.92 Å². The Morgan fingerprint density at radius 1 is 0.911 bits per heavy atom. The molecule has 4 aromatic carbocycles. The maximum atomic E-state index is 11.5. The van der Waals surface area contributed by atoms with Gasteiger partial charge in [0.1, 0.15) is 0 Å². The van der Waals surface area contributed by atoms with Gasteiger partial charge in [0.05, 0.1) is 24.5 Å². The molecule has 6 rings (SSSR count). The summed E-state index contributed by atoms with van der Waals surface area (Å²) in [5.74, 6) is 0.578. The maximum Gasteiger partial charge on any atom is 0.217 e. The Bertz CT molecular complexity index is 1710. The first-order valence-electron chi connectivity index (χ1n) is 14.9. The molecule has 1 saturated heterocycles. The molecule has 0 radical (unpaired) electrons. The molecule has 1 fully saturated rings. The number of carbonyl (C=O) groups is 1. The van der Waals surface area contributed by atoms with Crippen LogP contribution in [0, 0.1) is 5.92 Å². The number of amides is 1. The quantitative estimate of drug-likeness (QED) is 0.182. The second kappa shape index (κ2) is 14.2. The topological polar surface area (TPSA) is 111 Å². The summed E-state index contributed by atoms with van der Waals surface area (Å²) in [5, 5.41) is 25.5. The molecule has 1 aromatic heterocycles. The van der Waals surface area contributed by atoms with E-state index in [9.17, 15) is 9.90 Å². The van der Waals surface area contributed by atoms with E-state index in [-0.39, 0.29) is 30.6 Å². The average molecular weight is 622 g/mol. The van der Waals surface area contributed by atoms with Gasteiger partial charge in [-0.15, -0.1) is 5.10 Å². The van der Waals surface area contributed by atoms with E-state index in [1.807, 2.05) is 84.9 Å². The van der Waals surface area contributed by atoms with Gasteiger partial charge in [0.25, 0.3) is 0 Å². The van der Waals surface area contributed by atoms with E-state index in [2.05, 4.69) is 46.0 Å². The lowest BCUT2D eigenvalue weighted by molar-refractivity contribution is -0.268. The van der Waals surface area contributed by atoms with Crippen LogP contribution in [0.5, 0.6) is 0 Å². The van der Waals surface area contributed by atoms with Gasteiger partial charge < -0.3 is 19.9 Å². The van der Waals surface area contributed by atoms with Gasteiger partial charge in [0.2, 0.25) is 11.1 Å². The minimum absolute atomic E-state index is 0.0111. The third kappa shape index (κ3) is 7.15. The van der Waals surface area contributed by atoms with E-state index in [0.29, 0.717) is 17.5 Å². The summed E-state index contributed by atoms with van der Waals surface area (Å²) in [6, 6.07) is 34.0. The van der Waals surface area contributed by atoms with Gasteiger partial charge in [-0.3, -0.25) is 4.79 Å². The van der Waals surface area contributed by atoms with Crippen molar-refractivity contribution in [3.8, 4) is 16.8 Å². The summed E-state index contributed by atoms with van der Waals surface area (Å²) in [6.45, 7) is 4.11. The number of nitrogens with zero attached hydrogens (tertiary/aromatic N) is 4. The highest BCUT2D eigenvalue weighted by atomic mass is 32.2.